The van der Waals surface area contributed by atoms with Gasteiger partial charge in [-0.1, -0.05) is 0 Å². The van der Waals surface area contributed by atoms with Gasteiger partial charge in [-0.3, -0.25) is 4.98 Å². The number of ether oxygens (including phenoxy) is 2. The van der Waals surface area contributed by atoms with Gasteiger partial charge in [-0.2, -0.15) is 4.31 Å². The van der Waals surface area contributed by atoms with E-state index in [9.17, 15) is 16.8 Å². The first kappa shape index (κ1) is 28.3. The molecule has 1 aromatic carbocycles. The van der Waals surface area contributed by atoms with Crippen LogP contribution in [0.3, 0.4) is 0 Å². The van der Waals surface area contributed by atoms with Crippen molar-refractivity contribution in [1.82, 2.24) is 13.6 Å². The second-order valence-electron chi connectivity index (χ2n) is 11.4. The minimum atomic E-state index is -3.67. The van der Waals surface area contributed by atoms with Crippen LogP contribution in [0.1, 0.15) is 64.4 Å². The zero-order valence-electron chi connectivity index (χ0n) is 22.8. The van der Waals surface area contributed by atoms with Crippen LogP contribution in [-0.2, 0) is 26.5 Å². The molecular weight excluding hydrogens is 538 g/mol. The molecule has 0 bridgehead atoms. The molecule has 11 heteroatoms. The molecule has 0 amide bonds. The van der Waals surface area contributed by atoms with Crippen molar-refractivity contribution in [3.05, 3.63) is 48.3 Å². The van der Waals surface area contributed by atoms with Gasteiger partial charge in [-0.25, -0.2) is 21.1 Å². The summed E-state index contributed by atoms with van der Waals surface area (Å²) in [7, 11) is -7.08. The van der Waals surface area contributed by atoms with Crippen molar-refractivity contribution in [2.45, 2.75) is 87.9 Å². The van der Waals surface area contributed by atoms with Gasteiger partial charge in [0, 0.05) is 38.1 Å². The third kappa shape index (κ3) is 6.58. The van der Waals surface area contributed by atoms with Gasteiger partial charge in [0.15, 0.2) is 0 Å². The van der Waals surface area contributed by atoms with Crippen LogP contribution < -0.4 is 9.47 Å². The molecule has 0 N–H and O–H groups in total. The maximum absolute atomic E-state index is 13.6. The minimum Gasteiger partial charge on any atom is -0.490 e. The Morgan fingerprint density at radius 2 is 1.77 bits per heavy atom. The summed E-state index contributed by atoms with van der Waals surface area (Å²) in [5.41, 5.74) is 0.671. The van der Waals surface area contributed by atoms with Crippen LogP contribution in [0.2, 0.25) is 0 Å². The molecule has 0 saturated carbocycles. The zero-order valence-corrected chi connectivity index (χ0v) is 24.4. The van der Waals surface area contributed by atoms with E-state index in [2.05, 4.69) is 4.98 Å². The number of piperidine rings is 1. The van der Waals surface area contributed by atoms with Crippen LogP contribution in [0.15, 0.2) is 47.6 Å². The second-order valence-corrected chi connectivity index (χ2v) is 15.4. The lowest BCUT2D eigenvalue weighted by atomic mass is 9.94. The lowest BCUT2D eigenvalue weighted by Gasteiger charge is -2.33. The molecule has 0 radical (unpaired) electrons. The number of sulfonamides is 2. The van der Waals surface area contributed by atoms with Crippen LogP contribution in [0.25, 0.3) is 0 Å². The van der Waals surface area contributed by atoms with E-state index in [1.165, 1.54) is 0 Å². The molecule has 214 valence electrons. The lowest BCUT2D eigenvalue weighted by molar-refractivity contribution is 0.0845. The topological polar surface area (TPSA) is 106 Å². The molecule has 2 fully saturated rings. The molecule has 2 saturated heterocycles. The van der Waals surface area contributed by atoms with Crippen molar-refractivity contribution < 1.29 is 26.3 Å². The molecule has 3 aliphatic rings. The summed E-state index contributed by atoms with van der Waals surface area (Å²) >= 11 is 0. The third-order valence-electron chi connectivity index (χ3n) is 8.03. The van der Waals surface area contributed by atoms with Gasteiger partial charge >= 0.3 is 0 Å². The zero-order chi connectivity index (χ0) is 27.7. The Hall–Kier alpha value is -2.21. The number of hydrogen-bond acceptors (Lipinski definition) is 7. The first-order chi connectivity index (χ1) is 18.5. The van der Waals surface area contributed by atoms with E-state index < -0.39 is 20.0 Å². The number of hydrogen-bond donors (Lipinski definition) is 0. The fraction of sp³-hybridized carbons (Fsp3) is 0.607. The van der Waals surface area contributed by atoms with Crippen molar-refractivity contribution >= 4 is 20.0 Å². The van der Waals surface area contributed by atoms with Crippen molar-refractivity contribution in [2.75, 3.05) is 25.4 Å². The summed E-state index contributed by atoms with van der Waals surface area (Å²) in [5.74, 6) is 1.52. The molecule has 0 aliphatic carbocycles. The monoisotopic (exact) mass is 577 g/mol. The highest BCUT2D eigenvalue weighted by Gasteiger charge is 2.37. The number of fused-ring (bicyclic) bond motifs is 1. The summed E-state index contributed by atoms with van der Waals surface area (Å²) in [5, 5.41) is 0. The van der Waals surface area contributed by atoms with Crippen LogP contribution in [0.4, 0.5) is 0 Å². The molecule has 1 atom stereocenters. The van der Waals surface area contributed by atoms with E-state index in [-0.39, 0.29) is 23.5 Å². The van der Waals surface area contributed by atoms with E-state index in [0.29, 0.717) is 50.2 Å². The smallest absolute Gasteiger partial charge is 0.243 e. The highest BCUT2D eigenvalue weighted by Crippen LogP contribution is 2.36. The molecule has 1 aromatic heterocycles. The van der Waals surface area contributed by atoms with Crippen molar-refractivity contribution in [3.63, 3.8) is 0 Å². The Balaban J connectivity index is 1.14. The Kier molecular flexibility index (Phi) is 8.24. The van der Waals surface area contributed by atoms with Crippen LogP contribution in [-0.4, -0.2) is 73.6 Å². The van der Waals surface area contributed by atoms with Crippen molar-refractivity contribution in [2.24, 2.45) is 0 Å². The van der Waals surface area contributed by atoms with E-state index in [4.69, 9.17) is 9.47 Å². The summed E-state index contributed by atoms with van der Waals surface area (Å²) in [4.78, 5) is 4.28. The fourth-order valence-electron chi connectivity index (χ4n) is 5.81. The normalized spacial score (nSPS) is 22.8. The predicted octanol–water partition coefficient (Wildman–Crippen LogP) is 3.99. The minimum absolute atomic E-state index is 0.0160. The number of pyridine rings is 1. The first-order valence-corrected chi connectivity index (χ1v) is 17.0. The maximum atomic E-state index is 13.6. The average Bonchev–Trinajstić information content (AvgIpc) is 3.38. The molecule has 4 heterocycles. The van der Waals surface area contributed by atoms with Gasteiger partial charge in [-0.15, -0.1) is 0 Å². The number of rotatable bonds is 9. The second kappa shape index (κ2) is 11.3. The summed E-state index contributed by atoms with van der Waals surface area (Å²) in [6.07, 6.45) is 8.71. The Morgan fingerprint density at radius 3 is 2.51 bits per heavy atom. The molecule has 0 unspecified atom stereocenters. The Labute approximate surface area is 232 Å². The van der Waals surface area contributed by atoms with Gasteiger partial charge in [0.2, 0.25) is 20.0 Å². The summed E-state index contributed by atoms with van der Waals surface area (Å²) in [6, 6.07) is 8.58. The highest BCUT2D eigenvalue weighted by molar-refractivity contribution is 7.89. The van der Waals surface area contributed by atoms with Crippen LogP contribution in [0.5, 0.6) is 11.5 Å². The number of benzene rings is 1. The van der Waals surface area contributed by atoms with E-state index >= 15 is 0 Å². The van der Waals surface area contributed by atoms with Crippen molar-refractivity contribution in [1.29, 1.82) is 0 Å². The SMILES string of the molecule is CC1(C)CCc2cc(S(=O)(=O)N3CCC[C@H]3CCCS(=O)(=O)N3CCC(Oc4ccncc4)CC3)ccc2O1. The molecule has 2 aromatic rings. The average molecular weight is 578 g/mol. The van der Waals surface area contributed by atoms with Gasteiger partial charge in [0.25, 0.3) is 0 Å². The summed E-state index contributed by atoms with van der Waals surface area (Å²) < 4.78 is 68.3. The van der Waals surface area contributed by atoms with E-state index in [1.54, 1.807) is 51.3 Å². The van der Waals surface area contributed by atoms with Crippen molar-refractivity contribution in [3.8, 4) is 11.5 Å². The standard InChI is InChI=1S/C28H39N3O6S2/c1-28(2)14-9-22-21-26(7-8-27(22)37-28)39(34,35)31-17-3-5-23(31)6-4-20-38(32,33)30-18-12-25(13-19-30)36-24-10-15-29-16-11-24/h7-8,10-11,15-16,21,23,25H,3-6,9,12-14,17-20H2,1-2H3/t23-/m0/s1. The lowest BCUT2D eigenvalue weighted by Crippen LogP contribution is -2.43. The molecule has 3 aliphatic heterocycles. The molecule has 39 heavy (non-hydrogen) atoms. The highest BCUT2D eigenvalue weighted by atomic mass is 32.2. The number of aromatic nitrogens is 1. The third-order valence-corrected chi connectivity index (χ3v) is 11.9. The summed E-state index contributed by atoms with van der Waals surface area (Å²) in [6.45, 7) is 5.40. The quantitative estimate of drug-likeness (QED) is 0.444. The Morgan fingerprint density at radius 1 is 1.03 bits per heavy atom. The molecular formula is C28H39N3O6S2. The first-order valence-electron chi connectivity index (χ1n) is 13.9. The van der Waals surface area contributed by atoms with E-state index in [0.717, 1.165) is 42.7 Å². The van der Waals surface area contributed by atoms with E-state index in [1.807, 2.05) is 13.8 Å². The van der Waals surface area contributed by atoms with Gasteiger partial charge in [0.1, 0.15) is 23.2 Å². The number of nitrogens with zero attached hydrogens (tertiary/aromatic N) is 3. The molecule has 9 nitrogen and oxygen atoms in total. The number of aryl methyl sites for hydroxylation is 1. The maximum Gasteiger partial charge on any atom is 0.243 e. The van der Waals surface area contributed by atoms with Gasteiger partial charge < -0.3 is 9.47 Å². The van der Waals surface area contributed by atoms with Gasteiger partial charge in [-0.05, 0) is 101 Å². The van der Waals surface area contributed by atoms with Gasteiger partial charge in [0.05, 0.1) is 10.6 Å². The molecule has 5 rings (SSSR count). The molecule has 0 spiro atoms. The largest absolute Gasteiger partial charge is 0.490 e. The Bertz CT molecular complexity index is 1360. The predicted molar refractivity (Wildman–Crippen MR) is 149 cm³/mol. The van der Waals surface area contributed by atoms with Crippen LogP contribution in [0, 0.1) is 0 Å². The fourth-order valence-corrected chi connectivity index (χ4v) is 9.14. The van der Waals surface area contributed by atoms with Crippen LogP contribution >= 0.6 is 0 Å².